The molecular weight excluding hydrogens is 316 g/mol. The summed E-state index contributed by atoms with van der Waals surface area (Å²) in [6, 6.07) is 6.85. The van der Waals surface area contributed by atoms with Gasteiger partial charge in [0.2, 0.25) is 11.6 Å². The molecule has 2 N–H and O–H groups in total. The van der Waals surface area contributed by atoms with Gasteiger partial charge in [-0.3, -0.25) is 14.4 Å². The van der Waals surface area contributed by atoms with Crippen molar-refractivity contribution in [2.45, 2.75) is 18.9 Å². The van der Waals surface area contributed by atoms with Crippen LogP contribution in [-0.2, 0) is 0 Å². The van der Waals surface area contributed by atoms with E-state index in [4.69, 9.17) is 4.42 Å². The molecule has 1 heterocycles. The number of Topliss-reactive ketones (excluding diaryl/α,β-unsaturated/α-hetero) is 3. The Bertz CT molecular complexity index is 917. The van der Waals surface area contributed by atoms with Crippen molar-refractivity contribution in [2.75, 3.05) is 0 Å². The first-order chi connectivity index (χ1) is 11.3. The van der Waals surface area contributed by atoms with Crippen LogP contribution in [-0.4, -0.2) is 33.2 Å². The van der Waals surface area contributed by atoms with Crippen molar-refractivity contribution in [3.63, 3.8) is 0 Å². The third-order valence-electron chi connectivity index (χ3n) is 3.92. The smallest absolute Gasteiger partial charge is 0.350 e. The Balaban J connectivity index is 2.01. The summed E-state index contributed by atoms with van der Waals surface area (Å²) in [6.45, 7) is 1.41. The van der Waals surface area contributed by atoms with Crippen LogP contribution in [0.1, 0.15) is 43.3 Å². The van der Waals surface area contributed by atoms with Crippen molar-refractivity contribution < 1.29 is 29.0 Å². The fourth-order valence-electron chi connectivity index (χ4n) is 2.76. The Labute approximate surface area is 135 Å². The van der Waals surface area contributed by atoms with Gasteiger partial charge in [0.15, 0.2) is 11.4 Å². The molecule has 7 heteroatoms. The maximum Gasteiger partial charge on any atom is 0.350 e. The fraction of sp³-hybridized carbons (Fsp3) is 0.176. The zero-order valence-electron chi connectivity index (χ0n) is 12.5. The molecule has 0 spiro atoms. The average Bonchev–Trinajstić information content (AvgIpc) is 2.69. The summed E-state index contributed by atoms with van der Waals surface area (Å²) in [7, 11) is 0. The van der Waals surface area contributed by atoms with Crippen molar-refractivity contribution in [3.05, 3.63) is 63.2 Å². The normalized spacial score (nSPS) is 15.4. The average molecular weight is 328 g/mol. The lowest BCUT2D eigenvalue weighted by atomic mass is 9.89. The lowest BCUT2D eigenvalue weighted by Crippen LogP contribution is -2.43. The molecule has 0 radical (unpaired) electrons. The van der Waals surface area contributed by atoms with Gasteiger partial charge in [-0.15, -0.1) is 0 Å². The quantitative estimate of drug-likeness (QED) is 0.637. The van der Waals surface area contributed by atoms with Gasteiger partial charge >= 0.3 is 5.63 Å². The molecule has 2 aromatic rings. The monoisotopic (exact) mass is 328 g/mol. The second-order valence-corrected chi connectivity index (χ2v) is 5.57. The molecule has 1 aromatic heterocycles. The Morgan fingerprint density at radius 2 is 1.67 bits per heavy atom. The van der Waals surface area contributed by atoms with Crippen LogP contribution in [0.5, 0.6) is 5.75 Å². The Hall–Kier alpha value is -3.06. The second-order valence-electron chi connectivity index (χ2n) is 5.57. The number of carbonyl (C=O) groups excluding carboxylic acids is 3. The predicted molar refractivity (Wildman–Crippen MR) is 80.4 cm³/mol. The lowest BCUT2D eigenvalue weighted by Gasteiger charge is -2.17. The molecule has 0 saturated heterocycles. The van der Waals surface area contributed by atoms with E-state index in [9.17, 15) is 29.4 Å². The van der Waals surface area contributed by atoms with Crippen LogP contribution in [0.3, 0.4) is 0 Å². The standard InChI is InChI=1S/C17H12O7/c1-8-6-11(18)13(16(22)24-8)12(19)7-17(23)14(20)9-4-2-3-5-10(9)15(17)21/h2-6,18,23H,7H2,1H3. The molecule has 0 unspecified atom stereocenters. The minimum Gasteiger partial charge on any atom is -0.507 e. The van der Waals surface area contributed by atoms with Gasteiger partial charge < -0.3 is 14.6 Å². The molecular formula is C17H12O7. The second kappa shape index (κ2) is 5.24. The summed E-state index contributed by atoms with van der Waals surface area (Å²) in [4.78, 5) is 48.7. The zero-order valence-corrected chi connectivity index (χ0v) is 12.5. The number of fused-ring (bicyclic) bond motifs is 1. The summed E-state index contributed by atoms with van der Waals surface area (Å²) in [5, 5.41) is 20.3. The van der Waals surface area contributed by atoms with E-state index in [1.807, 2.05) is 0 Å². The molecule has 0 aliphatic heterocycles. The van der Waals surface area contributed by atoms with Crippen molar-refractivity contribution in [1.29, 1.82) is 0 Å². The van der Waals surface area contributed by atoms with E-state index in [1.54, 1.807) is 0 Å². The number of aromatic hydroxyl groups is 1. The fourth-order valence-corrected chi connectivity index (χ4v) is 2.76. The SMILES string of the molecule is Cc1cc(O)c(C(=O)CC2(O)C(=O)c3ccccc3C2=O)c(=O)o1. The summed E-state index contributed by atoms with van der Waals surface area (Å²) >= 11 is 0. The third-order valence-corrected chi connectivity index (χ3v) is 3.92. The van der Waals surface area contributed by atoms with Crippen LogP contribution in [0, 0.1) is 6.92 Å². The molecule has 7 nitrogen and oxygen atoms in total. The molecule has 122 valence electrons. The lowest BCUT2D eigenvalue weighted by molar-refractivity contribution is 0.0294. The Morgan fingerprint density at radius 3 is 2.17 bits per heavy atom. The number of rotatable bonds is 3. The molecule has 0 fully saturated rings. The van der Waals surface area contributed by atoms with Crippen LogP contribution in [0.15, 0.2) is 39.5 Å². The van der Waals surface area contributed by atoms with Crippen LogP contribution in [0.2, 0.25) is 0 Å². The summed E-state index contributed by atoms with van der Waals surface area (Å²) in [5.74, 6) is -3.42. The van der Waals surface area contributed by atoms with Gasteiger partial charge in [-0.1, -0.05) is 24.3 Å². The third kappa shape index (κ3) is 2.17. The first kappa shape index (κ1) is 15.8. The molecule has 3 rings (SSSR count). The van der Waals surface area contributed by atoms with E-state index in [0.29, 0.717) is 0 Å². The first-order valence-electron chi connectivity index (χ1n) is 7.03. The molecule has 0 atom stereocenters. The number of aryl methyl sites for hydroxylation is 1. The largest absolute Gasteiger partial charge is 0.507 e. The van der Waals surface area contributed by atoms with Crippen molar-refractivity contribution >= 4 is 17.3 Å². The van der Waals surface area contributed by atoms with Crippen molar-refractivity contribution in [3.8, 4) is 5.75 Å². The molecule has 1 aromatic carbocycles. The zero-order chi connectivity index (χ0) is 17.6. The van der Waals surface area contributed by atoms with Crippen LogP contribution < -0.4 is 5.63 Å². The summed E-state index contributed by atoms with van der Waals surface area (Å²) in [6.07, 6.45) is -0.958. The highest BCUT2D eigenvalue weighted by Crippen LogP contribution is 2.33. The topological polar surface area (TPSA) is 122 Å². The van der Waals surface area contributed by atoms with Gasteiger partial charge in [0, 0.05) is 17.2 Å². The van der Waals surface area contributed by atoms with Crippen LogP contribution in [0.4, 0.5) is 0 Å². The molecule has 1 aliphatic carbocycles. The number of benzene rings is 1. The van der Waals surface area contributed by atoms with E-state index in [-0.39, 0.29) is 16.9 Å². The van der Waals surface area contributed by atoms with Crippen molar-refractivity contribution in [1.82, 2.24) is 0 Å². The van der Waals surface area contributed by atoms with Crippen LogP contribution in [0.25, 0.3) is 0 Å². The highest BCUT2D eigenvalue weighted by Gasteiger charge is 2.53. The van der Waals surface area contributed by atoms with Gasteiger partial charge in [-0.25, -0.2) is 4.79 Å². The number of hydrogen-bond donors (Lipinski definition) is 2. The van der Waals surface area contributed by atoms with Gasteiger partial charge in [0.1, 0.15) is 17.1 Å². The minimum absolute atomic E-state index is 0.0120. The van der Waals surface area contributed by atoms with E-state index in [1.165, 1.54) is 31.2 Å². The van der Waals surface area contributed by atoms with E-state index in [0.717, 1.165) is 6.07 Å². The first-order valence-corrected chi connectivity index (χ1v) is 7.03. The Kier molecular flexibility index (Phi) is 3.46. The number of carbonyl (C=O) groups is 3. The van der Waals surface area contributed by atoms with Gasteiger partial charge in [0.25, 0.3) is 0 Å². The number of ketones is 3. The maximum absolute atomic E-state index is 12.3. The summed E-state index contributed by atoms with van der Waals surface area (Å²) < 4.78 is 4.74. The van der Waals surface area contributed by atoms with Gasteiger partial charge in [-0.2, -0.15) is 0 Å². The molecule has 1 aliphatic rings. The number of hydrogen-bond acceptors (Lipinski definition) is 7. The highest BCUT2D eigenvalue weighted by atomic mass is 16.4. The summed E-state index contributed by atoms with van der Waals surface area (Å²) in [5.41, 5.74) is -4.37. The van der Waals surface area contributed by atoms with Gasteiger partial charge in [0.05, 0.1) is 6.42 Å². The maximum atomic E-state index is 12.3. The Morgan fingerprint density at radius 1 is 1.12 bits per heavy atom. The molecule has 0 bridgehead atoms. The predicted octanol–water partition coefficient (Wildman–Crippen LogP) is 1.04. The minimum atomic E-state index is -2.59. The molecule has 24 heavy (non-hydrogen) atoms. The van der Waals surface area contributed by atoms with Gasteiger partial charge in [-0.05, 0) is 6.92 Å². The van der Waals surface area contributed by atoms with Crippen LogP contribution >= 0.6 is 0 Å². The van der Waals surface area contributed by atoms with E-state index >= 15 is 0 Å². The van der Waals surface area contributed by atoms with Crippen molar-refractivity contribution in [2.24, 2.45) is 0 Å². The highest BCUT2D eigenvalue weighted by molar-refractivity contribution is 6.33. The van der Waals surface area contributed by atoms with E-state index in [2.05, 4.69) is 0 Å². The molecule has 0 amide bonds. The molecule has 0 saturated carbocycles. The van der Waals surface area contributed by atoms with E-state index < -0.39 is 46.3 Å². The number of aliphatic hydroxyl groups is 1.